The van der Waals surface area contributed by atoms with Gasteiger partial charge >= 0.3 is 0 Å². The average molecular weight is 637 g/mol. The van der Waals surface area contributed by atoms with Crippen LogP contribution in [0.4, 0.5) is 5.69 Å². The van der Waals surface area contributed by atoms with Gasteiger partial charge in [-0.3, -0.25) is 0 Å². The zero-order valence-corrected chi connectivity index (χ0v) is 27.0. The Labute approximate surface area is 289 Å². The molecule has 0 bridgehead atoms. The molecule has 8 aromatic carbocycles. The first-order chi connectivity index (χ1) is 24.7. The predicted octanol–water partition coefficient (Wildman–Crippen LogP) is 12.2. The van der Waals surface area contributed by atoms with Crippen LogP contribution < -0.4 is 0 Å². The Kier molecular flexibility index (Phi) is 7.15. The summed E-state index contributed by atoms with van der Waals surface area (Å²) in [5, 5.41) is 7.12. The third kappa shape index (κ3) is 5.15. The molecule has 4 nitrogen and oxygen atoms in total. The van der Waals surface area contributed by atoms with Gasteiger partial charge in [0.05, 0.1) is 6.57 Å². The van der Waals surface area contributed by atoms with Gasteiger partial charge in [-0.25, -0.2) is 19.8 Å². The predicted molar refractivity (Wildman–Crippen MR) is 206 cm³/mol. The van der Waals surface area contributed by atoms with E-state index in [0.29, 0.717) is 23.2 Å². The molecule has 4 heteroatoms. The SMILES string of the molecule is [C-]#[N+]c1ccc(-c2cc3c4ccccc4c(-c4cccc(-c5nc(-c6ccccc6)nc(-c6ccccc6)n5)c4)cc3c3ccccc23)cc1. The summed E-state index contributed by atoms with van der Waals surface area (Å²) < 4.78 is 0. The summed E-state index contributed by atoms with van der Waals surface area (Å²) in [5.41, 5.74) is 7.94. The Balaban J connectivity index is 1.25. The van der Waals surface area contributed by atoms with Crippen molar-refractivity contribution in [1.82, 2.24) is 15.0 Å². The molecule has 9 rings (SSSR count). The topological polar surface area (TPSA) is 43.0 Å². The molecule has 0 spiro atoms. The molecule has 0 saturated carbocycles. The maximum absolute atomic E-state index is 7.41. The van der Waals surface area contributed by atoms with E-state index in [1.54, 1.807) is 0 Å². The first-order valence-electron chi connectivity index (χ1n) is 16.6. The lowest BCUT2D eigenvalue weighted by molar-refractivity contribution is 1.07. The van der Waals surface area contributed by atoms with Crippen LogP contribution in [0.1, 0.15) is 0 Å². The normalized spacial score (nSPS) is 11.2. The monoisotopic (exact) mass is 636 g/mol. The molecule has 0 unspecified atom stereocenters. The fraction of sp³-hybridized carbons (Fsp3) is 0. The van der Waals surface area contributed by atoms with Crippen molar-refractivity contribution in [3.05, 3.63) is 181 Å². The van der Waals surface area contributed by atoms with E-state index in [0.717, 1.165) is 38.9 Å². The van der Waals surface area contributed by atoms with Crippen LogP contribution in [0.5, 0.6) is 0 Å². The van der Waals surface area contributed by atoms with Crippen molar-refractivity contribution < 1.29 is 0 Å². The molecule has 9 aromatic rings. The zero-order chi connectivity index (χ0) is 33.4. The van der Waals surface area contributed by atoms with E-state index in [-0.39, 0.29) is 0 Å². The lowest BCUT2D eigenvalue weighted by Crippen LogP contribution is -2.00. The molecular weight excluding hydrogens is 609 g/mol. The highest BCUT2D eigenvalue weighted by molar-refractivity contribution is 6.23. The summed E-state index contributed by atoms with van der Waals surface area (Å²) in [4.78, 5) is 18.5. The van der Waals surface area contributed by atoms with Crippen LogP contribution in [0.15, 0.2) is 170 Å². The van der Waals surface area contributed by atoms with Crippen LogP contribution in [-0.4, -0.2) is 15.0 Å². The lowest BCUT2D eigenvalue weighted by Gasteiger charge is -2.16. The summed E-state index contributed by atoms with van der Waals surface area (Å²) in [6, 6.07) is 58.5. The van der Waals surface area contributed by atoms with E-state index in [1.165, 1.54) is 32.3 Å². The number of hydrogen-bond donors (Lipinski definition) is 0. The molecule has 0 aliphatic rings. The van der Waals surface area contributed by atoms with Gasteiger partial charge < -0.3 is 0 Å². The van der Waals surface area contributed by atoms with Gasteiger partial charge in [0.2, 0.25) is 0 Å². The second-order valence-electron chi connectivity index (χ2n) is 12.3. The average Bonchev–Trinajstić information content (AvgIpc) is 3.21. The van der Waals surface area contributed by atoms with E-state index >= 15 is 0 Å². The van der Waals surface area contributed by atoms with Crippen molar-refractivity contribution in [2.24, 2.45) is 0 Å². The molecular formula is C46H28N4. The fourth-order valence-corrected chi connectivity index (χ4v) is 6.91. The van der Waals surface area contributed by atoms with Crippen LogP contribution in [0.2, 0.25) is 0 Å². The molecule has 1 heterocycles. The summed E-state index contributed by atoms with van der Waals surface area (Å²) >= 11 is 0. The van der Waals surface area contributed by atoms with Crippen LogP contribution in [0.25, 0.3) is 93.6 Å². The minimum absolute atomic E-state index is 0.629. The van der Waals surface area contributed by atoms with Crippen molar-refractivity contribution in [1.29, 1.82) is 0 Å². The van der Waals surface area contributed by atoms with Crippen LogP contribution in [0, 0.1) is 6.57 Å². The minimum atomic E-state index is 0.629. The van der Waals surface area contributed by atoms with Crippen molar-refractivity contribution >= 4 is 38.0 Å². The molecule has 0 amide bonds. The maximum Gasteiger partial charge on any atom is 0.187 e. The summed E-state index contributed by atoms with van der Waals surface area (Å²) in [6.07, 6.45) is 0. The number of fused-ring (bicyclic) bond motifs is 5. The van der Waals surface area contributed by atoms with E-state index in [4.69, 9.17) is 21.5 Å². The van der Waals surface area contributed by atoms with Gasteiger partial charge in [0.15, 0.2) is 23.2 Å². The number of hydrogen-bond acceptors (Lipinski definition) is 3. The standard InChI is InChI=1S/C46H28N4/c1-47-35-25-23-30(24-26-35)40-28-42-39-22-11-9-20-37(39)41(29-43(42)38-21-10-8-19-36(38)40)33-17-12-18-34(27-33)46-49-44(31-13-4-2-5-14-31)48-45(50-46)32-15-6-3-7-16-32/h2-29H. The smallest absolute Gasteiger partial charge is 0.187 e. The Hall–Kier alpha value is -6.96. The highest BCUT2D eigenvalue weighted by atomic mass is 15.0. The number of nitrogens with zero attached hydrogens (tertiary/aromatic N) is 4. The highest BCUT2D eigenvalue weighted by Gasteiger charge is 2.16. The van der Waals surface area contributed by atoms with E-state index in [1.807, 2.05) is 72.8 Å². The van der Waals surface area contributed by atoms with Gasteiger partial charge in [0.25, 0.3) is 0 Å². The van der Waals surface area contributed by atoms with Crippen LogP contribution in [-0.2, 0) is 0 Å². The quantitative estimate of drug-likeness (QED) is 0.139. The number of aromatic nitrogens is 3. The Bertz CT molecular complexity index is 2690. The van der Waals surface area contributed by atoms with E-state index < -0.39 is 0 Å². The van der Waals surface area contributed by atoms with Crippen molar-refractivity contribution in [3.8, 4) is 56.4 Å². The molecule has 0 saturated heterocycles. The molecule has 232 valence electrons. The second kappa shape index (κ2) is 12.2. The molecule has 0 radical (unpaired) electrons. The number of benzene rings is 8. The van der Waals surface area contributed by atoms with Gasteiger partial charge in [-0.05, 0) is 72.8 Å². The third-order valence-corrected chi connectivity index (χ3v) is 9.32. The summed E-state index contributed by atoms with van der Waals surface area (Å²) in [7, 11) is 0. The second-order valence-corrected chi connectivity index (χ2v) is 12.3. The summed E-state index contributed by atoms with van der Waals surface area (Å²) in [5.74, 6) is 1.91. The largest absolute Gasteiger partial charge is 0.238 e. The Morgan fingerprint density at radius 3 is 1.26 bits per heavy atom. The molecule has 50 heavy (non-hydrogen) atoms. The van der Waals surface area contributed by atoms with Crippen molar-refractivity contribution in [2.75, 3.05) is 0 Å². The molecule has 0 aliphatic carbocycles. The Morgan fingerprint density at radius 1 is 0.320 bits per heavy atom. The van der Waals surface area contributed by atoms with Gasteiger partial charge in [0, 0.05) is 16.7 Å². The van der Waals surface area contributed by atoms with Gasteiger partial charge in [-0.1, -0.05) is 152 Å². The fourth-order valence-electron chi connectivity index (χ4n) is 6.91. The third-order valence-electron chi connectivity index (χ3n) is 9.32. The zero-order valence-electron chi connectivity index (χ0n) is 27.0. The maximum atomic E-state index is 7.41. The highest BCUT2D eigenvalue weighted by Crippen LogP contribution is 2.42. The molecule has 0 atom stereocenters. The van der Waals surface area contributed by atoms with Crippen LogP contribution in [0.3, 0.4) is 0 Å². The minimum Gasteiger partial charge on any atom is -0.238 e. The van der Waals surface area contributed by atoms with Crippen molar-refractivity contribution in [2.45, 2.75) is 0 Å². The van der Waals surface area contributed by atoms with Gasteiger partial charge in [0.1, 0.15) is 0 Å². The Morgan fingerprint density at radius 2 is 0.740 bits per heavy atom. The molecule has 0 aliphatic heterocycles. The van der Waals surface area contributed by atoms with Gasteiger partial charge in [-0.15, -0.1) is 0 Å². The van der Waals surface area contributed by atoms with E-state index in [2.05, 4.69) is 102 Å². The lowest BCUT2D eigenvalue weighted by atomic mass is 9.87. The molecule has 1 aromatic heterocycles. The summed E-state index contributed by atoms with van der Waals surface area (Å²) in [6.45, 7) is 7.41. The molecule has 0 fully saturated rings. The van der Waals surface area contributed by atoms with Gasteiger partial charge in [-0.2, -0.15) is 0 Å². The van der Waals surface area contributed by atoms with E-state index in [9.17, 15) is 0 Å². The number of rotatable bonds is 5. The molecule has 0 N–H and O–H groups in total. The van der Waals surface area contributed by atoms with Crippen LogP contribution >= 0.6 is 0 Å². The first-order valence-corrected chi connectivity index (χ1v) is 16.6. The van der Waals surface area contributed by atoms with Crippen molar-refractivity contribution in [3.63, 3.8) is 0 Å². The first kappa shape index (κ1) is 29.2.